The van der Waals surface area contributed by atoms with Crippen molar-refractivity contribution in [3.63, 3.8) is 0 Å². The number of aliphatic hydroxyl groups is 1. The average Bonchev–Trinajstić information content (AvgIpc) is 1.08. The minimum atomic E-state index is -4.96. The first kappa shape index (κ1) is 96.1. The number of rotatable bonds is 76. The molecule has 0 aliphatic carbocycles. The van der Waals surface area contributed by atoms with Crippen LogP contribution in [0.1, 0.15) is 402 Å². The standard InChI is InChI=1S/C79H154O17P2/c1-69(2)55-47-39-31-24-18-12-10-9-11-13-21-27-35-43-51-59-76(81)89-65-74(95-78(83)61-53-45-36-28-22-16-14-19-25-32-40-48-56-70(3)4)67-93-97(85,86)91-63-73(80)64-92-98(87,88)94-68-75(66-90-77(82)60-52-44-38-30-34-42-50-58-72(7)8)96-79(84)62-54-46-37-29-23-17-15-20-26-33-41-49-57-71(5)6/h69-75,80H,9-68H2,1-8H3,(H,85,86)(H,87,88)/t73?,74-,75-/m1/s1. The Morgan fingerprint density at radius 1 is 0.255 bits per heavy atom. The summed E-state index contributed by atoms with van der Waals surface area (Å²) >= 11 is 0. The van der Waals surface area contributed by atoms with E-state index in [-0.39, 0.29) is 25.7 Å². The molecule has 0 radical (unpaired) electrons. The summed E-state index contributed by atoms with van der Waals surface area (Å²) in [6.45, 7) is 14.2. The Morgan fingerprint density at radius 3 is 0.633 bits per heavy atom. The van der Waals surface area contributed by atoms with Gasteiger partial charge >= 0.3 is 39.5 Å². The molecule has 0 saturated carbocycles. The molecule has 0 spiro atoms. The number of unbranched alkanes of at least 4 members (excludes halogenated alkanes) is 42. The molecule has 0 aromatic heterocycles. The van der Waals surface area contributed by atoms with Crippen molar-refractivity contribution in [2.45, 2.75) is 420 Å². The zero-order valence-corrected chi connectivity index (χ0v) is 66.2. The van der Waals surface area contributed by atoms with Gasteiger partial charge < -0.3 is 33.8 Å². The Balaban J connectivity index is 5.24. The van der Waals surface area contributed by atoms with Crippen LogP contribution >= 0.6 is 15.6 Å². The predicted octanol–water partition coefficient (Wildman–Crippen LogP) is 23.2. The van der Waals surface area contributed by atoms with E-state index in [2.05, 4.69) is 55.4 Å². The molecule has 5 atom stereocenters. The molecule has 0 rings (SSSR count). The van der Waals surface area contributed by atoms with Crippen LogP contribution in [0.4, 0.5) is 0 Å². The summed E-state index contributed by atoms with van der Waals surface area (Å²) < 4.78 is 68.6. The molecule has 3 unspecified atom stereocenters. The van der Waals surface area contributed by atoms with Crippen LogP contribution in [0.3, 0.4) is 0 Å². The molecule has 0 saturated heterocycles. The Hall–Kier alpha value is -1.94. The fourth-order valence-corrected chi connectivity index (χ4v) is 13.7. The molecule has 0 fully saturated rings. The van der Waals surface area contributed by atoms with Gasteiger partial charge in [-0.3, -0.25) is 37.3 Å². The van der Waals surface area contributed by atoms with E-state index >= 15 is 0 Å². The molecule has 98 heavy (non-hydrogen) atoms. The van der Waals surface area contributed by atoms with Crippen LogP contribution in [-0.4, -0.2) is 96.7 Å². The topological polar surface area (TPSA) is 237 Å². The van der Waals surface area contributed by atoms with Gasteiger partial charge in [0, 0.05) is 25.7 Å². The summed E-state index contributed by atoms with van der Waals surface area (Å²) in [6, 6.07) is 0. The first-order valence-corrected chi connectivity index (χ1v) is 43.7. The fourth-order valence-electron chi connectivity index (χ4n) is 12.1. The van der Waals surface area contributed by atoms with Gasteiger partial charge in [-0.05, 0) is 49.4 Å². The minimum absolute atomic E-state index is 0.106. The number of carbonyl (C=O) groups is 4. The molecule has 0 aliphatic heterocycles. The van der Waals surface area contributed by atoms with Gasteiger partial charge in [-0.1, -0.05) is 351 Å². The number of ether oxygens (including phenoxy) is 4. The van der Waals surface area contributed by atoms with Gasteiger partial charge in [-0.2, -0.15) is 0 Å². The third-order valence-corrected chi connectivity index (χ3v) is 20.2. The lowest BCUT2D eigenvalue weighted by Gasteiger charge is -2.21. The number of phosphoric ester groups is 2. The maximum Gasteiger partial charge on any atom is 0.472 e. The van der Waals surface area contributed by atoms with Crippen LogP contribution in [0.15, 0.2) is 0 Å². The number of aliphatic hydroxyl groups excluding tert-OH is 1. The van der Waals surface area contributed by atoms with E-state index in [0.717, 1.165) is 114 Å². The lowest BCUT2D eigenvalue weighted by Crippen LogP contribution is -2.30. The van der Waals surface area contributed by atoms with Gasteiger partial charge in [-0.15, -0.1) is 0 Å². The molecule has 0 aromatic rings. The SMILES string of the molecule is CC(C)CCCCCCCCCCCCCCCCCC(=O)OC[C@H](COP(=O)(O)OCC(O)COP(=O)(O)OC[C@@H](COC(=O)CCCCCCCCCC(C)C)OC(=O)CCCCCCCCCCCCCCC(C)C)OC(=O)CCCCCCCCCCCCCCC(C)C. The van der Waals surface area contributed by atoms with E-state index in [0.29, 0.717) is 31.6 Å². The Kier molecular flexibility index (Phi) is 66.8. The van der Waals surface area contributed by atoms with Crippen molar-refractivity contribution in [1.29, 1.82) is 0 Å². The number of phosphoric acid groups is 2. The van der Waals surface area contributed by atoms with Crippen molar-refractivity contribution in [1.82, 2.24) is 0 Å². The average molecular weight is 1440 g/mol. The van der Waals surface area contributed by atoms with Crippen molar-refractivity contribution in [3.8, 4) is 0 Å². The van der Waals surface area contributed by atoms with Crippen molar-refractivity contribution < 1.29 is 80.2 Å². The highest BCUT2D eigenvalue weighted by Gasteiger charge is 2.30. The summed E-state index contributed by atoms with van der Waals surface area (Å²) in [5, 5.41) is 10.6. The lowest BCUT2D eigenvalue weighted by molar-refractivity contribution is -0.161. The molecular weight excluding hydrogens is 1280 g/mol. The van der Waals surface area contributed by atoms with Crippen LogP contribution in [0.2, 0.25) is 0 Å². The molecule has 0 aliphatic rings. The first-order chi connectivity index (χ1) is 47.1. The molecule has 0 aromatic carbocycles. The van der Waals surface area contributed by atoms with E-state index in [1.807, 2.05) is 0 Å². The molecule has 19 heteroatoms. The van der Waals surface area contributed by atoms with E-state index in [1.165, 1.54) is 199 Å². The van der Waals surface area contributed by atoms with E-state index in [4.69, 9.17) is 37.0 Å². The maximum atomic E-state index is 13.1. The van der Waals surface area contributed by atoms with Gasteiger partial charge in [0.05, 0.1) is 26.4 Å². The normalized spacial score (nSPS) is 14.1. The lowest BCUT2D eigenvalue weighted by atomic mass is 10.0. The summed E-state index contributed by atoms with van der Waals surface area (Å²) in [5.41, 5.74) is 0. The maximum absolute atomic E-state index is 13.1. The number of esters is 4. The zero-order chi connectivity index (χ0) is 72.4. The number of hydrogen-bond acceptors (Lipinski definition) is 15. The third kappa shape index (κ3) is 72.4. The van der Waals surface area contributed by atoms with Crippen molar-refractivity contribution in [3.05, 3.63) is 0 Å². The van der Waals surface area contributed by atoms with Crippen LogP contribution in [0.25, 0.3) is 0 Å². The number of carbonyl (C=O) groups excluding carboxylic acids is 4. The van der Waals surface area contributed by atoms with Crippen molar-refractivity contribution in [2.75, 3.05) is 39.6 Å². The summed E-state index contributed by atoms with van der Waals surface area (Å²) in [6.07, 6.45) is 54.1. The van der Waals surface area contributed by atoms with Crippen LogP contribution in [-0.2, 0) is 65.4 Å². The van der Waals surface area contributed by atoms with E-state index in [9.17, 15) is 43.2 Å². The van der Waals surface area contributed by atoms with Gasteiger partial charge in [0.1, 0.15) is 19.3 Å². The Labute approximate surface area is 600 Å². The highest BCUT2D eigenvalue weighted by Crippen LogP contribution is 2.45. The quantitative estimate of drug-likeness (QED) is 0.0222. The van der Waals surface area contributed by atoms with E-state index < -0.39 is 97.5 Å². The van der Waals surface area contributed by atoms with E-state index in [1.54, 1.807) is 0 Å². The van der Waals surface area contributed by atoms with Gasteiger partial charge in [0.2, 0.25) is 0 Å². The van der Waals surface area contributed by atoms with Gasteiger partial charge in [0.15, 0.2) is 12.2 Å². The first-order valence-electron chi connectivity index (χ1n) is 40.7. The fraction of sp³-hybridized carbons (Fsp3) is 0.949. The Morgan fingerprint density at radius 2 is 0.429 bits per heavy atom. The van der Waals surface area contributed by atoms with Crippen LogP contribution < -0.4 is 0 Å². The van der Waals surface area contributed by atoms with Crippen molar-refractivity contribution >= 4 is 39.5 Å². The minimum Gasteiger partial charge on any atom is -0.462 e. The van der Waals surface area contributed by atoms with Crippen LogP contribution in [0.5, 0.6) is 0 Å². The molecular formula is C79H154O17P2. The predicted molar refractivity (Wildman–Crippen MR) is 400 cm³/mol. The highest BCUT2D eigenvalue weighted by molar-refractivity contribution is 7.47. The van der Waals surface area contributed by atoms with Gasteiger partial charge in [0.25, 0.3) is 0 Å². The second-order valence-electron chi connectivity index (χ2n) is 30.4. The molecule has 582 valence electrons. The zero-order valence-electron chi connectivity index (χ0n) is 64.4. The smallest absolute Gasteiger partial charge is 0.462 e. The largest absolute Gasteiger partial charge is 0.472 e. The third-order valence-electron chi connectivity index (χ3n) is 18.3. The summed E-state index contributed by atoms with van der Waals surface area (Å²) in [5.74, 6) is 0.948. The molecule has 0 heterocycles. The molecule has 3 N–H and O–H groups in total. The molecule has 17 nitrogen and oxygen atoms in total. The second kappa shape index (κ2) is 68.2. The monoisotopic (exact) mass is 1440 g/mol. The van der Waals surface area contributed by atoms with Crippen LogP contribution in [0, 0.1) is 23.7 Å². The highest BCUT2D eigenvalue weighted by atomic mass is 31.2. The second-order valence-corrected chi connectivity index (χ2v) is 33.3. The molecule has 0 amide bonds. The Bertz CT molecular complexity index is 1920. The summed E-state index contributed by atoms with van der Waals surface area (Å²) in [4.78, 5) is 72.9. The summed E-state index contributed by atoms with van der Waals surface area (Å²) in [7, 11) is -9.92. The molecule has 0 bridgehead atoms. The number of hydrogen-bond donors (Lipinski definition) is 3. The van der Waals surface area contributed by atoms with Crippen molar-refractivity contribution in [2.24, 2.45) is 23.7 Å². The van der Waals surface area contributed by atoms with Gasteiger partial charge in [-0.25, -0.2) is 9.13 Å².